The van der Waals surface area contributed by atoms with Crippen LogP contribution in [0, 0.1) is 17.2 Å². The van der Waals surface area contributed by atoms with E-state index < -0.39 is 0 Å². The molecule has 2 unspecified atom stereocenters. The lowest BCUT2D eigenvalue weighted by atomic mass is 10.1. The SMILES string of the molecule is CC(C)CN1C(=O)C(CC#N)N(C)CCC1C. The maximum Gasteiger partial charge on any atom is 0.241 e. The van der Waals surface area contributed by atoms with Crippen molar-refractivity contribution in [1.82, 2.24) is 9.80 Å². The van der Waals surface area contributed by atoms with Crippen LogP contribution in [-0.4, -0.2) is 47.9 Å². The summed E-state index contributed by atoms with van der Waals surface area (Å²) in [5.74, 6) is 0.584. The number of carbonyl (C=O) groups excluding carboxylic acids is 1. The highest BCUT2D eigenvalue weighted by atomic mass is 16.2. The van der Waals surface area contributed by atoms with Crippen LogP contribution in [0.2, 0.25) is 0 Å². The zero-order valence-electron chi connectivity index (χ0n) is 11.3. The minimum atomic E-state index is -0.260. The average Bonchev–Trinajstić information content (AvgIpc) is 2.35. The first kappa shape index (κ1) is 14.0. The van der Waals surface area contributed by atoms with Gasteiger partial charge in [0.05, 0.1) is 12.5 Å². The van der Waals surface area contributed by atoms with Gasteiger partial charge < -0.3 is 4.90 Å². The lowest BCUT2D eigenvalue weighted by molar-refractivity contribution is -0.137. The van der Waals surface area contributed by atoms with Crippen LogP contribution in [0.25, 0.3) is 0 Å². The minimum Gasteiger partial charge on any atom is -0.338 e. The topological polar surface area (TPSA) is 47.3 Å². The number of rotatable bonds is 3. The van der Waals surface area contributed by atoms with E-state index in [0.29, 0.717) is 5.92 Å². The van der Waals surface area contributed by atoms with E-state index in [1.165, 1.54) is 0 Å². The van der Waals surface area contributed by atoms with E-state index in [4.69, 9.17) is 5.26 Å². The molecular weight excluding hydrogens is 214 g/mol. The Bertz CT molecular complexity index is 308. The van der Waals surface area contributed by atoms with E-state index in [0.717, 1.165) is 19.5 Å². The molecule has 2 atom stereocenters. The van der Waals surface area contributed by atoms with Gasteiger partial charge in [0.2, 0.25) is 5.91 Å². The van der Waals surface area contributed by atoms with Gasteiger partial charge in [-0.2, -0.15) is 5.26 Å². The van der Waals surface area contributed by atoms with Gasteiger partial charge in [-0.3, -0.25) is 9.69 Å². The molecule has 1 rings (SSSR count). The predicted octanol–water partition coefficient (Wildman–Crippen LogP) is 1.48. The molecule has 0 aromatic carbocycles. The smallest absolute Gasteiger partial charge is 0.241 e. The highest BCUT2D eigenvalue weighted by Crippen LogP contribution is 2.18. The molecule has 1 amide bonds. The molecule has 0 aromatic heterocycles. The van der Waals surface area contributed by atoms with Crippen LogP contribution in [0.5, 0.6) is 0 Å². The van der Waals surface area contributed by atoms with Crippen molar-refractivity contribution in [3.8, 4) is 6.07 Å². The molecule has 0 bridgehead atoms. The summed E-state index contributed by atoms with van der Waals surface area (Å²) < 4.78 is 0. The Hall–Kier alpha value is -1.08. The van der Waals surface area contributed by atoms with Crippen molar-refractivity contribution in [1.29, 1.82) is 5.26 Å². The lowest BCUT2D eigenvalue weighted by Crippen LogP contribution is -2.47. The van der Waals surface area contributed by atoms with Crippen molar-refractivity contribution in [3.63, 3.8) is 0 Å². The molecule has 0 saturated carbocycles. The highest BCUT2D eigenvalue weighted by Gasteiger charge is 2.33. The van der Waals surface area contributed by atoms with Crippen LogP contribution < -0.4 is 0 Å². The van der Waals surface area contributed by atoms with Gasteiger partial charge in [-0.15, -0.1) is 0 Å². The highest BCUT2D eigenvalue weighted by molar-refractivity contribution is 5.82. The minimum absolute atomic E-state index is 0.118. The summed E-state index contributed by atoms with van der Waals surface area (Å²) in [4.78, 5) is 16.4. The summed E-state index contributed by atoms with van der Waals surface area (Å²) >= 11 is 0. The largest absolute Gasteiger partial charge is 0.338 e. The molecule has 0 N–H and O–H groups in total. The molecular formula is C13H23N3O. The van der Waals surface area contributed by atoms with Gasteiger partial charge in [0.15, 0.2) is 0 Å². The number of hydrogen-bond donors (Lipinski definition) is 0. The molecule has 1 aliphatic rings. The van der Waals surface area contributed by atoms with Crippen molar-refractivity contribution in [3.05, 3.63) is 0 Å². The van der Waals surface area contributed by atoms with Crippen LogP contribution in [-0.2, 0) is 4.79 Å². The Labute approximate surface area is 104 Å². The maximum atomic E-state index is 12.4. The van der Waals surface area contributed by atoms with Crippen molar-refractivity contribution < 1.29 is 4.79 Å². The fourth-order valence-electron chi connectivity index (χ4n) is 2.29. The normalized spacial score (nSPS) is 27.1. The Balaban J connectivity index is 2.87. The fraction of sp³-hybridized carbons (Fsp3) is 0.846. The van der Waals surface area contributed by atoms with Gasteiger partial charge in [0.25, 0.3) is 0 Å². The van der Waals surface area contributed by atoms with E-state index in [2.05, 4.69) is 26.8 Å². The maximum absolute atomic E-state index is 12.4. The lowest BCUT2D eigenvalue weighted by Gasteiger charge is -2.31. The van der Waals surface area contributed by atoms with Crippen LogP contribution in [0.3, 0.4) is 0 Å². The van der Waals surface area contributed by atoms with Gasteiger partial charge in [-0.25, -0.2) is 0 Å². The van der Waals surface area contributed by atoms with Gasteiger partial charge in [-0.05, 0) is 26.3 Å². The molecule has 4 nitrogen and oxygen atoms in total. The van der Waals surface area contributed by atoms with Crippen LogP contribution in [0.15, 0.2) is 0 Å². The predicted molar refractivity (Wildman–Crippen MR) is 67.3 cm³/mol. The van der Waals surface area contributed by atoms with Crippen molar-refractivity contribution in [2.45, 2.75) is 45.7 Å². The zero-order valence-corrected chi connectivity index (χ0v) is 11.3. The average molecular weight is 237 g/mol. The van der Waals surface area contributed by atoms with Gasteiger partial charge in [0, 0.05) is 19.1 Å². The monoisotopic (exact) mass is 237 g/mol. The molecule has 4 heteroatoms. The Morgan fingerprint density at radius 1 is 1.53 bits per heavy atom. The molecule has 96 valence electrons. The second-order valence-corrected chi connectivity index (χ2v) is 5.38. The Morgan fingerprint density at radius 3 is 2.71 bits per heavy atom. The molecule has 1 saturated heterocycles. The molecule has 0 aromatic rings. The number of nitriles is 1. The molecule has 1 heterocycles. The van der Waals surface area contributed by atoms with Gasteiger partial charge in [0.1, 0.15) is 6.04 Å². The number of hydrogen-bond acceptors (Lipinski definition) is 3. The van der Waals surface area contributed by atoms with E-state index >= 15 is 0 Å². The van der Waals surface area contributed by atoms with Crippen LogP contribution in [0.1, 0.15) is 33.6 Å². The Morgan fingerprint density at radius 2 is 2.18 bits per heavy atom. The summed E-state index contributed by atoms with van der Waals surface area (Å²) in [6, 6.07) is 2.14. The number of carbonyl (C=O) groups is 1. The number of amides is 1. The zero-order chi connectivity index (χ0) is 13.0. The molecule has 0 radical (unpaired) electrons. The quantitative estimate of drug-likeness (QED) is 0.747. The molecule has 0 aliphatic carbocycles. The second-order valence-electron chi connectivity index (χ2n) is 5.38. The first-order valence-electron chi connectivity index (χ1n) is 6.35. The van der Waals surface area contributed by atoms with E-state index in [-0.39, 0.29) is 24.4 Å². The molecule has 17 heavy (non-hydrogen) atoms. The first-order chi connectivity index (χ1) is 7.97. The van der Waals surface area contributed by atoms with E-state index in [1.807, 2.05) is 16.8 Å². The third-order valence-corrected chi connectivity index (χ3v) is 3.38. The van der Waals surface area contributed by atoms with Crippen molar-refractivity contribution in [2.75, 3.05) is 20.1 Å². The van der Waals surface area contributed by atoms with E-state index in [1.54, 1.807) is 0 Å². The molecule has 1 fully saturated rings. The first-order valence-corrected chi connectivity index (χ1v) is 6.35. The number of nitrogens with zero attached hydrogens (tertiary/aromatic N) is 3. The van der Waals surface area contributed by atoms with Crippen molar-refractivity contribution >= 4 is 5.91 Å². The summed E-state index contributed by atoms with van der Waals surface area (Å²) in [7, 11) is 1.94. The summed E-state index contributed by atoms with van der Waals surface area (Å²) in [5.41, 5.74) is 0. The number of likely N-dealkylation sites (N-methyl/N-ethyl adjacent to an activating group) is 1. The van der Waals surface area contributed by atoms with Gasteiger partial charge in [-0.1, -0.05) is 13.8 Å². The van der Waals surface area contributed by atoms with Crippen LogP contribution in [0.4, 0.5) is 0 Å². The third kappa shape index (κ3) is 3.44. The summed E-state index contributed by atoms with van der Waals surface area (Å²) in [6.45, 7) is 8.01. The van der Waals surface area contributed by atoms with E-state index in [9.17, 15) is 4.79 Å². The standard InChI is InChI=1S/C13H23N3O/c1-10(2)9-16-11(3)6-8-15(4)12(5-7-14)13(16)17/h10-12H,5-6,8-9H2,1-4H3. The fourth-order valence-corrected chi connectivity index (χ4v) is 2.29. The van der Waals surface area contributed by atoms with Gasteiger partial charge >= 0.3 is 0 Å². The van der Waals surface area contributed by atoms with Crippen LogP contribution >= 0.6 is 0 Å². The Kier molecular flexibility index (Phi) is 4.95. The summed E-state index contributed by atoms with van der Waals surface area (Å²) in [5, 5.41) is 8.83. The van der Waals surface area contributed by atoms with Crippen molar-refractivity contribution in [2.24, 2.45) is 5.92 Å². The molecule has 1 aliphatic heterocycles. The second kappa shape index (κ2) is 6.02. The third-order valence-electron chi connectivity index (χ3n) is 3.38. The summed E-state index contributed by atoms with van der Waals surface area (Å²) in [6.07, 6.45) is 1.27. The molecule has 0 spiro atoms.